The van der Waals surface area contributed by atoms with Crippen LogP contribution in [0.1, 0.15) is 41.1 Å². The fourth-order valence-corrected chi connectivity index (χ4v) is 5.08. The summed E-state index contributed by atoms with van der Waals surface area (Å²) >= 11 is 12.3. The van der Waals surface area contributed by atoms with E-state index in [1.165, 1.54) is 0 Å². The SMILES string of the molecule is COc1ccc([C@H]2CN(C(=O)c3ccc(Cl)cc3Cl)C[C@H]2C(=O)N2CCCCC2)cc1. The Kier molecular flexibility index (Phi) is 6.73. The summed E-state index contributed by atoms with van der Waals surface area (Å²) in [5.41, 5.74) is 1.44. The minimum atomic E-state index is -0.276. The highest BCUT2D eigenvalue weighted by molar-refractivity contribution is 6.36. The zero-order valence-corrected chi connectivity index (χ0v) is 19.0. The molecule has 5 nitrogen and oxygen atoms in total. The van der Waals surface area contributed by atoms with Gasteiger partial charge in [0.1, 0.15) is 5.75 Å². The number of methoxy groups -OCH3 is 1. The molecule has 2 aromatic carbocycles. The molecule has 2 heterocycles. The lowest BCUT2D eigenvalue weighted by Crippen LogP contribution is -2.42. The molecule has 2 fully saturated rings. The summed E-state index contributed by atoms with van der Waals surface area (Å²) in [6.45, 7) is 2.43. The van der Waals surface area contributed by atoms with Gasteiger partial charge in [0, 0.05) is 37.1 Å². The van der Waals surface area contributed by atoms with Crippen LogP contribution in [0.5, 0.6) is 5.75 Å². The molecule has 0 radical (unpaired) electrons. The van der Waals surface area contributed by atoms with Crippen molar-refractivity contribution in [2.45, 2.75) is 25.2 Å². The Bertz CT molecular complexity index is 958. The number of carbonyl (C=O) groups is 2. The summed E-state index contributed by atoms with van der Waals surface area (Å²) in [5.74, 6) is 0.380. The van der Waals surface area contributed by atoms with Crippen molar-refractivity contribution in [1.29, 1.82) is 0 Å². The molecule has 2 amide bonds. The van der Waals surface area contributed by atoms with Gasteiger partial charge in [-0.15, -0.1) is 0 Å². The van der Waals surface area contributed by atoms with Gasteiger partial charge in [-0.05, 0) is 55.2 Å². The maximum absolute atomic E-state index is 13.4. The topological polar surface area (TPSA) is 49.9 Å². The minimum absolute atomic E-state index is 0.0737. The van der Waals surface area contributed by atoms with Crippen LogP contribution in [0.2, 0.25) is 10.0 Å². The molecule has 0 bridgehead atoms. The van der Waals surface area contributed by atoms with Crippen LogP contribution in [-0.2, 0) is 4.79 Å². The summed E-state index contributed by atoms with van der Waals surface area (Å²) in [5, 5.41) is 0.807. The van der Waals surface area contributed by atoms with E-state index in [0.29, 0.717) is 28.7 Å². The van der Waals surface area contributed by atoms with E-state index in [9.17, 15) is 9.59 Å². The number of amides is 2. The van der Waals surface area contributed by atoms with Crippen LogP contribution in [0.15, 0.2) is 42.5 Å². The normalized spacial score (nSPS) is 21.3. The summed E-state index contributed by atoms with van der Waals surface area (Å²) in [7, 11) is 1.63. The smallest absolute Gasteiger partial charge is 0.255 e. The van der Waals surface area contributed by atoms with Gasteiger partial charge in [0.05, 0.1) is 23.6 Å². The molecule has 0 unspecified atom stereocenters. The number of hydrogen-bond donors (Lipinski definition) is 0. The number of benzene rings is 2. The molecule has 2 aromatic rings. The average molecular weight is 461 g/mol. The Labute approximate surface area is 192 Å². The third-order valence-corrected chi connectivity index (χ3v) is 6.85. The third kappa shape index (κ3) is 4.68. The Balaban J connectivity index is 1.61. The molecule has 2 aliphatic rings. The summed E-state index contributed by atoms with van der Waals surface area (Å²) in [4.78, 5) is 30.4. The van der Waals surface area contributed by atoms with Gasteiger partial charge >= 0.3 is 0 Å². The van der Waals surface area contributed by atoms with E-state index < -0.39 is 0 Å². The monoisotopic (exact) mass is 460 g/mol. The van der Waals surface area contributed by atoms with Crippen molar-refractivity contribution in [3.05, 3.63) is 63.6 Å². The van der Waals surface area contributed by atoms with Gasteiger partial charge < -0.3 is 14.5 Å². The quantitative estimate of drug-likeness (QED) is 0.653. The van der Waals surface area contributed by atoms with Crippen molar-refractivity contribution in [1.82, 2.24) is 9.80 Å². The third-order valence-electron chi connectivity index (χ3n) is 6.30. The molecular weight excluding hydrogens is 435 g/mol. The van der Waals surface area contributed by atoms with Crippen LogP contribution in [-0.4, -0.2) is 54.9 Å². The fourth-order valence-electron chi connectivity index (χ4n) is 4.59. The van der Waals surface area contributed by atoms with E-state index in [1.54, 1.807) is 30.2 Å². The maximum Gasteiger partial charge on any atom is 0.255 e. The number of halogens is 2. The highest BCUT2D eigenvalue weighted by atomic mass is 35.5. The molecular formula is C24H26Cl2N2O3. The predicted octanol–water partition coefficient (Wildman–Crippen LogP) is 4.87. The fraction of sp³-hybridized carbons (Fsp3) is 0.417. The van der Waals surface area contributed by atoms with E-state index in [4.69, 9.17) is 27.9 Å². The molecule has 4 rings (SSSR count). The first-order valence-corrected chi connectivity index (χ1v) is 11.4. The predicted molar refractivity (Wildman–Crippen MR) is 122 cm³/mol. The standard InChI is InChI=1S/C24H26Cl2N2O3/c1-31-18-8-5-16(6-9-18)20-14-28(23(29)19-10-7-17(25)13-22(19)26)15-21(20)24(30)27-11-3-2-4-12-27/h5-10,13,20-21H,2-4,11-12,14-15H2,1H3/t20-,21-/m1/s1. The van der Waals surface area contributed by atoms with Gasteiger partial charge in [0.15, 0.2) is 0 Å². The largest absolute Gasteiger partial charge is 0.497 e. The average Bonchev–Trinajstić information content (AvgIpc) is 3.24. The van der Waals surface area contributed by atoms with Crippen LogP contribution in [0.3, 0.4) is 0 Å². The van der Waals surface area contributed by atoms with E-state index in [0.717, 1.165) is 43.7 Å². The van der Waals surface area contributed by atoms with Crippen LogP contribution in [0.4, 0.5) is 0 Å². The summed E-state index contributed by atoms with van der Waals surface area (Å²) in [6.07, 6.45) is 3.24. The van der Waals surface area contributed by atoms with Crippen molar-refractivity contribution in [2.75, 3.05) is 33.3 Å². The zero-order valence-electron chi connectivity index (χ0n) is 17.5. The summed E-state index contributed by atoms with van der Waals surface area (Å²) in [6, 6.07) is 12.7. The number of hydrogen-bond acceptors (Lipinski definition) is 3. The van der Waals surface area contributed by atoms with Gasteiger partial charge in [-0.3, -0.25) is 9.59 Å². The number of piperidine rings is 1. The second-order valence-electron chi connectivity index (χ2n) is 8.21. The minimum Gasteiger partial charge on any atom is -0.497 e. The van der Waals surface area contributed by atoms with Crippen LogP contribution >= 0.6 is 23.2 Å². The second kappa shape index (κ2) is 9.49. The first-order chi connectivity index (χ1) is 15.0. The van der Waals surface area contributed by atoms with Crippen LogP contribution < -0.4 is 4.74 Å². The number of nitrogens with zero attached hydrogens (tertiary/aromatic N) is 2. The number of rotatable bonds is 4. The molecule has 0 aromatic heterocycles. The second-order valence-corrected chi connectivity index (χ2v) is 9.05. The van der Waals surface area contributed by atoms with Gasteiger partial charge in [0.25, 0.3) is 5.91 Å². The van der Waals surface area contributed by atoms with Crippen molar-refractivity contribution in [3.8, 4) is 5.75 Å². The van der Waals surface area contributed by atoms with E-state index in [-0.39, 0.29) is 23.7 Å². The van der Waals surface area contributed by atoms with Crippen molar-refractivity contribution in [2.24, 2.45) is 5.92 Å². The molecule has 7 heteroatoms. The molecule has 0 saturated carbocycles. The van der Waals surface area contributed by atoms with E-state index >= 15 is 0 Å². The number of carbonyl (C=O) groups excluding carboxylic acids is 2. The van der Waals surface area contributed by atoms with Crippen LogP contribution in [0, 0.1) is 5.92 Å². The molecule has 0 N–H and O–H groups in total. The van der Waals surface area contributed by atoms with E-state index in [1.807, 2.05) is 29.2 Å². The molecule has 0 aliphatic carbocycles. The molecule has 31 heavy (non-hydrogen) atoms. The lowest BCUT2D eigenvalue weighted by atomic mass is 9.87. The van der Waals surface area contributed by atoms with Gasteiger partial charge in [0.2, 0.25) is 5.91 Å². The highest BCUT2D eigenvalue weighted by Crippen LogP contribution is 2.36. The van der Waals surface area contributed by atoms with Crippen molar-refractivity contribution in [3.63, 3.8) is 0 Å². The molecule has 2 saturated heterocycles. The lowest BCUT2D eigenvalue weighted by molar-refractivity contribution is -0.136. The van der Waals surface area contributed by atoms with Gasteiger partial charge in [-0.25, -0.2) is 0 Å². The van der Waals surface area contributed by atoms with Gasteiger partial charge in [-0.1, -0.05) is 35.3 Å². The Morgan fingerprint density at radius 1 is 0.935 bits per heavy atom. The maximum atomic E-state index is 13.4. The Morgan fingerprint density at radius 2 is 1.65 bits per heavy atom. The number of ether oxygens (including phenoxy) is 1. The summed E-state index contributed by atoms with van der Waals surface area (Å²) < 4.78 is 5.28. The van der Waals surface area contributed by atoms with Crippen molar-refractivity contribution >= 4 is 35.0 Å². The first-order valence-electron chi connectivity index (χ1n) is 10.6. The Morgan fingerprint density at radius 3 is 2.29 bits per heavy atom. The molecule has 0 spiro atoms. The molecule has 2 atom stereocenters. The van der Waals surface area contributed by atoms with E-state index in [2.05, 4.69) is 0 Å². The molecule has 2 aliphatic heterocycles. The Hall–Kier alpha value is -2.24. The first kappa shape index (κ1) is 22.0. The zero-order chi connectivity index (χ0) is 22.0. The molecule has 164 valence electrons. The van der Waals surface area contributed by atoms with Crippen molar-refractivity contribution < 1.29 is 14.3 Å². The van der Waals surface area contributed by atoms with Gasteiger partial charge in [-0.2, -0.15) is 0 Å². The lowest BCUT2D eigenvalue weighted by Gasteiger charge is -2.31. The number of likely N-dealkylation sites (tertiary alicyclic amines) is 2. The van der Waals surface area contributed by atoms with Crippen LogP contribution in [0.25, 0.3) is 0 Å². The highest BCUT2D eigenvalue weighted by Gasteiger charge is 2.42.